The SMILES string of the molecule is NC1(c2cnc[nH]2)CCC(F)(F)CC1. The second kappa shape index (κ2) is 3.02. The van der Waals surface area contributed by atoms with Gasteiger partial charge < -0.3 is 10.7 Å². The first-order valence-corrected chi connectivity index (χ1v) is 4.67. The van der Waals surface area contributed by atoms with Gasteiger partial charge in [-0.1, -0.05) is 0 Å². The average Bonchev–Trinajstić information content (AvgIpc) is 2.64. The van der Waals surface area contributed by atoms with E-state index in [1.807, 2.05) is 0 Å². The van der Waals surface area contributed by atoms with Crippen molar-refractivity contribution < 1.29 is 8.78 Å². The second-order valence-corrected chi connectivity index (χ2v) is 3.98. The van der Waals surface area contributed by atoms with Crippen LogP contribution < -0.4 is 5.73 Å². The molecule has 14 heavy (non-hydrogen) atoms. The van der Waals surface area contributed by atoms with Crippen LogP contribution in [0.25, 0.3) is 0 Å². The van der Waals surface area contributed by atoms with Crippen molar-refractivity contribution >= 4 is 0 Å². The Hall–Kier alpha value is -0.970. The Balaban J connectivity index is 2.13. The monoisotopic (exact) mass is 201 g/mol. The van der Waals surface area contributed by atoms with E-state index in [0.717, 1.165) is 5.69 Å². The summed E-state index contributed by atoms with van der Waals surface area (Å²) in [5, 5.41) is 0. The van der Waals surface area contributed by atoms with Crippen molar-refractivity contribution in [1.82, 2.24) is 9.97 Å². The summed E-state index contributed by atoms with van der Waals surface area (Å²) in [6, 6.07) is 0. The number of halogens is 2. The fourth-order valence-corrected chi connectivity index (χ4v) is 1.86. The predicted molar refractivity (Wildman–Crippen MR) is 47.9 cm³/mol. The molecule has 0 atom stereocenters. The van der Waals surface area contributed by atoms with Gasteiger partial charge in [-0.25, -0.2) is 13.8 Å². The number of imidazole rings is 1. The summed E-state index contributed by atoms with van der Waals surface area (Å²) in [7, 11) is 0. The minimum atomic E-state index is -2.54. The highest BCUT2D eigenvalue weighted by Gasteiger charge is 2.42. The summed E-state index contributed by atoms with van der Waals surface area (Å²) < 4.78 is 25.8. The van der Waals surface area contributed by atoms with Gasteiger partial charge in [0.05, 0.1) is 17.6 Å². The maximum atomic E-state index is 12.9. The number of aromatic nitrogens is 2. The lowest BCUT2D eigenvalue weighted by atomic mass is 9.79. The quantitative estimate of drug-likeness (QED) is 0.727. The molecule has 0 saturated heterocycles. The van der Waals surface area contributed by atoms with E-state index < -0.39 is 11.5 Å². The molecule has 5 heteroatoms. The van der Waals surface area contributed by atoms with Crippen LogP contribution in [0.2, 0.25) is 0 Å². The number of hydrogen-bond acceptors (Lipinski definition) is 2. The molecule has 1 heterocycles. The Kier molecular flexibility index (Phi) is 2.06. The number of alkyl halides is 2. The van der Waals surface area contributed by atoms with Crippen molar-refractivity contribution in [2.75, 3.05) is 0 Å². The van der Waals surface area contributed by atoms with Gasteiger partial charge in [-0.15, -0.1) is 0 Å². The molecule has 1 aromatic rings. The number of rotatable bonds is 1. The Labute approximate surface area is 80.7 Å². The van der Waals surface area contributed by atoms with Crippen LogP contribution in [0, 0.1) is 0 Å². The Bertz CT molecular complexity index is 298. The largest absolute Gasteiger partial charge is 0.347 e. The summed E-state index contributed by atoms with van der Waals surface area (Å²) >= 11 is 0. The van der Waals surface area contributed by atoms with Gasteiger partial charge in [0.1, 0.15) is 0 Å². The van der Waals surface area contributed by atoms with E-state index >= 15 is 0 Å². The molecule has 1 saturated carbocycles. The van der Waals surface area contributed by atoms with Gasteiger partial charge in [0.2, 0.25) is 5.92 Å². The number of aromatic amines is 1. The van der Waals surface area contributed by atoms with Crippen molar-refractivity contribution in [3.05, 3.63) is 18.2 Å². The van der Waals surface area contributed by atoms with Crippen molar-refractivity contribution in [1.29, 1.82) is 0 Å². The Morgan fingerprint density at radius 3 is 2.43 bits per heavy atom. The van der Waals surface area contributed by atoms with E-state index in [9.17, 15) is 8.78 Å². The van der Waals surface area contributed by atoms with Crippen LogP contribution in [-0.4, -0.2) is 15.9 Å². The van der Waals surface area contributed by atoms with Crippen LogP contribution in [0.3, 0.4) is 0 Å². The topological polar surface area (TPSA) is 54.7 Å². The second-order valence-electron chi connectivity index (χ2n) is 3.98. The van der Waals surface area contributed by atoms with Crippen LogP contribution >= 0.6 is 0 Å². The summed E-state index contributed by atoms with van der Waals surface area (Å²) in [5.41, 5.74) is 6.16. The highest BCUT2D eigenvalue weighted by atomic mass is 19.3. The molecule has 0 aromatic carbocycles. The van der Waals surface area contributed by atoms with Gasteiger partial charge in [0, 0.05) is 19.0 Å². The number of nitrogens with two attached hydrogens (primary N) is 1. The standard InChI is InChI=1S/C9H13F2N3/c10-9(11)3-1-8(12,2-4-9)7-5-13-6-14-7/h5-6H,1-4,12H2,(H,13,14). The molecule has 0 aliphatic heterocycles. The Morgan fingerprint density at radius 1 is 1.29 bits per heavy atom. The molecule has 78 valence electrons. The lowest BCUT2D eigenvalue weighted by molar-refractivity contribution is -0.0518. The molecule has 1 aromatic heterocycles. The zero-order valence-corrected chi connectivity index (χ0v) is 7.76. The molecule has 3 N–H and O–H groups in total. The zero-order valence-electron chi connectivity index (χ0n) is 7.76. The highest BCUT2D eigenvalue weighted by Crippen LogP contribution is 2.41. The third kappa shape index (κ3) is 1.64. The van der Waals surface area contributed by atoms with Gasteiger partial charge >= 0.3 is 0 Å². The minimum absolute atomic E-state index is 0.136. The smallest absolute Gasteiger partial charge is 0.248 e. The lowest BCUT2D eigenvalue weighted by Gasteiger charge is -2.36. The minimum Gasteiger partial charge on any atom is -0.347 e. The molecule has 0 amide bonds. The van der Waals surface area contributed by atoms with Gasteiger partial charge in [0.15, 0.2) is 0 Å². The average molecular weight is 201 g/mol. The third-order valence-electron chi connectivity index (χ3n) is 2.91. The Morgan fingerprint density at radius 2 is 1.93 bits per heavy atom. The van der Waals surface area contributed by atoms with E-state index in [0.29, 0.717) is 12.8 Å². The molecule has 2 rings (SSSR count). The molecule has 0 bridgehead atoms. The first-order chi connectivity index (χ1) is 6.52. The molecule has 3 nitrogen and oxygen atoms in total. The first-order valence-electron chi connectivity index (χ1n) is 4.67. The van der Waals surface area contributed by atoms with E-state index in [2.05, 4.69) is 9.97 Å². The number of H-pyrrole nitrogens is 1. The fraction of sp³-hybridized carbons (Fsp3) is 0.667. The molecule has 1 aliphatic rings. The first kappa shape index (κ1) is 9.58. The van der Waals surface area contributed by atoms with Crippen molar-refractivity contribution in [3.63, 3.8) is 0 Å². The maximum Gasteiger partial charge on any atom is 0.248 e. The number of nitrogens with zero attached hydrogens (tertiary/aromatic N) is 1. The van der Waals surface area contributed by atoms with E-state index in [4.69, 9.17) is 5.73 Å². The number of hydrogen-bond donors (Lipinski definition) is 2. The van der Waals surface area contributed by atoms with Crippen LogP contribution in [0.1, 0.15) is 31.4 Å². The van der Waals surface area contributed by atoms with Crippen LogP contribution in [0.4, 0.5) is 8.78 Å². The van der Waals surface area contributed by atoms with E-state index in [-0.39, 0.29) is 12.8 Å². The highest BCUT2D eigenvalue weighted by molar-refractivity contribution is 5.12. The van der Waals surface area contributed by atoms with E-state index in [1.165, 1.54) is 6.33 Å². The van der Waals surface area contributed by atoms with Gasteiger partial charge in [0.25, 0.3) is 0 Å². The summed E-state index contributed by atoms with van der Waals surface area (Å²) in [5.74, 6) is -2.54. The molecule has 0 radical (unpaired) electrons. The lowest BCUT2D eigenvalue weighted by Crippen LogP contribution is -2.43. The zero-order chi connectivity index (χ0) is 10.2. The van der Waals surface area contributed by atoms with Gasteiger partial charge in [-0.2, -0.15) is 0 Å². The van der Waals surface area contributed by atoms with Gasteiger partial charge in [-0.3, -0.25) is 0 Å². The summed E-state index contributed by atoms with van der Waals surface area (Å²) in [4.78, 5) is 6.75. The van der Waals surface area contributed by atoms with Crippen molar-refractivity contribution in [2.24, 2.45) is 5.73 Å². The molecule has 0 spiro atoms. The van der Waals surface area contributed by atoms with Crippen LogP contribution in [-0.2, 0) is 5.54 Å². The van der Waals surface area contributed by atoms with E-state index in [1.54, 1.807) is 6.20 Å². The van der Waals surface area contributed by atoms with Crippen molar-refractivity contribution in [2.45, 2.75) is 37.1 Å². The molecular weight excluding hydrogens is 188 g/mol. The number of nitrogens with one attached hydrogen (secondary N) is 1. The molecule has 0 unspecified atom stereocenters. The van der Waals surface area contributed by atoms with Gasteiger partial charge in [-0.05, 0) is 12.8 Å². The molecular formula is C9H13F2N3. The third-order valence-corrected chi connectivity index (χ3v) is 2.91. The van der Waals surface area contributed by atoms with Crippen LogP contribution in [0.5, 0.6) is 0 Å². The maximum absolute atomic E-state index is 12.9. The summed E-state index contributed by atoms with van der Waals surface area (Å²) in [6.45, 7) is 0. The normalized spacial score (nSPS) is 24.8. The van der Waals surface area contributed by atoms with Crippen LogP contribution in [0.15, 0.2) is 12.5 Å². The van der Waals surface area contributed by atoms with Crippen molar-refractivity contribution in [3.8, 4) is 0 Å². The molecule has 1 fully saturated rings. The molecule has 1 aliphatic carbocycles. The predicted octanol–water partition coefficient (Wildman–Crippen LogP) is 1.77. The fourth-order valence-electron chi connectivity index (χ4n) is 1.86. The summed E-state index contributed by atoms with van der Waals surface area (Å²) in [6.07, 6.45) is 3.48.